The fourth-order valence-electron chi connectivity index (χ4n) is 1.86. The van der Waals surface area contributed by atoms with Crippen LogP contribution in [0.2, 0.25) is 5.02 Å². The highest BCUT2D eigenvalue weighted by molar-refractivity contribution is 6.30. The van der Waals surface area contributed by atoms with Gasteiger partial charge in [-0.25, -0.2) is 0 Å². The molecule has 0 spiro atoms. The Hall–Kier alpha value is -2.39. The molecular formula is C17H13ClN2O. The van der Waals surface area contributed by atoms with Crippen molar-refractivity contribution in [2.45, 2.75) is 6.92 Å². The lowest BCUT2D eigenvalue weighted by molar-refractivity contribution is 0.558. The van der Waals surface area contributed by atoms with Gasteiger partial charge in [-0.1, -0.05) is 41.4 Å². The lowest BCUT2D eigenvalue weighted by Gasteiger charge is -1.94. The second kappa shape index (κ2) is 5.94. The first-order valence-electron chi connectivity index (χ1n) is 6.55. The Morgan fingerprint density at radius 1 is 0.905 bits per heavy atom. The van der Waals surface area contributed by atoms with Gasteiger partial charge < -0.3 is 4.42 Å². The van der Waals surface area contributed by atoms with Crippen molar-refractivity contribution in [1.82, 2.24) is 10.2 Å². The van der Waals surface area contributed by atoms with Crippen LogP contribution in [0.4, 0.5) is 0 Å². The van der Waals surface area contributed by atoms with E-state index in [1.165, 1.54) is 5.56 Å². The van der Waals surface area contributed by atoms with E-state index in [1.807, 2.05) is 30.3 Å². The fraction of sp³-hybridized carbons (Fsp3) is 0.0588. The molecule has 3 aromatic rings. The summed E-state index contributed by atoms with van der Waals surface area (Å²) in [5, 5.41) is 8.72. The quantitative estimate of drug-likeness (QED) is 0.692. The molecule has 1 aromatic heterocycles. The van der Waals surface area contributed by atoms with Crippen LogP contribution in [0, 0.1) is 6.92 Å². The van der Waals surface area contributed by atoms with Crippen molar-refractivity contribution in [3.8, 4) is 11.5 Å². The van der Waals surface area contributed by atoms with Crippen LogP contribution in [0.1, 0.15) is 17.0 Å². The summed E-state index contributed by atoms with van der Waals surface area (Å²) in [6, 6.07) is 15.5. The standard InChI is InChI=1S/C17H13ClN2O/c1-12-2-4-13(5-3-12)6-11-16-19-20-17(21-16)14-7-9-15(18)10-8-14/h2-11H,1H3. The van der Waals surface area contributed by atoms with Gasteiger partial charge >= 0.3 is 0 Å². The van der Waals surface area contributed by atoms with E-state index >= 15 is 0 Å². The highest BCUT2D eigenvalue weighted by Gasteiger charge is 2.06. The molecule has 2 aromatic carbocycles. The van der Waals surface area contributed by atoms with E-state index in [2.05, 4.69) is 29.3 Å². The van der Waals surface area contributed by atoms with Gasteiger partial charge in [-0.15, -0.1) is 10.2 Å². The molecule has 21 heavy (non-hydrogen) atoms. The smallest absolute Gasteiger partial charge is 0.248 e. The molecule has 104 valence electrons. The number of aromatic nitrogens is 2. The Labute approximate surface area is 127 Å². The number of hydrogen-bond acceptors (Lipinski definition) is 3. The molecule has 0 amide bonds. The molecule has 3 nitrogen and oxygen atoms in total. The summed E-state index contributed by atoms with van der Waals surface area (Å²) < 4.78 is 5.60. The topological polar surface area (TPSA) is 38.9 Å². The zero-order valence-corrected chi connectivity index (χ0v) is 12.2. The van der Waals surface area contributed by atoms with E-state index in [1.54, 1.807) is 18.2 Å². The molecule has 0 atom stereocenters. The average molecular weight is 297 g/mol. The third-order valence-corrected chi connectivity index (χ3v) is 3.28. The highest BCUT2D eigenvalue weighted by Crippen LogP contribution is 2.20. The Balaban J connectivity index is 1.78. The Kier molecular flexibility index (Phi) is 3.84. The van der Waals surface area contributed by atoms with Crippen LogP contribution in [-0.4, -0.2) is 10.2 Å². The summed E-state index contributed by atoms with van der Waals surface area (Å²) in [5.74, 6) is 0.954. The van der Waals surface area contributed by atoms with E-state index < -0.39 is 0 Å². The Bertz CT molecular complexity index is 758. The van der Waals surface area contributed by atoms with Gasteiger partial charge in [0.05, 0.1) is 0 Å². The number of benzene rings is 2. The Morgan fingerprint density at radius 3 is 2.33 bits per heavy atom. The first kappa shape index (κ1) is 13.6. The van der Waals surface area contributed by atoms with Crippen LogP contribution in [-0.2, 0) is 0 Å². The first-order chi connectivity index (χ1) is 10.2. The van der Waals surface area contributed by atoms with Gasteiger partial charge in [0.25, 0.3) is 0 Å². The van der Waals surface area contributed by atoms with Gasteiger partial charge in [-0.05, 0) is 42.8 Å². The molecule has 0 aliphatic carbocycles. The molecule has 0 unspecified atom stereocenters. The maximum atomic E-state index is 5.86. The van der Waals surface area contributed by atoms with Gasteiger partial charge in [0, 0.05) is 16.7 Å². The van der Waals surface area contributed by atoms with Gasteiger partial charge in [0.1, 0.15) is 0 Å². The third-order valence-electron chi connectivity index (χ3n) is 3.03. The van der Waals surface area contributed by atoms with E-state index in [-0.39, 0.29) is 0 Å². The molecule has 1 heterocycles. The van der Waals surface area contributed by atoms with E-state index in [4.69, 9.17) is 16.0 Å². The molecule has 0 fully saturated rings. The lowest BCUT2D eigenvalue weighted by Crippen LogP contribution is -1.76. The van der Waals surface area contributed by atoms with Crippen molar-refractivity contribution in [3.05, 3.63) is 70.6 Å². The third kappa shape index (κ3) is 3.38. The fourth-order valence-corrected chi connectivity index (χ4v) is 1.98. The van der Waals surface area contributed by atoms with Crippen molar-refractivity contribution in [2.24, 2.45) is 0 Å². The largest absolute Gasteiger partial charge is 0.417 e. The van der Waals surface area contributed by atoms with Crippen molar-refractivity contribution in [1.29, 1.82) is 0 Å². The minimum absolute atomic E-state index is 0.473. The molecule has 0 bridgehead atoms. The monoisotopic (exact) mass is 296 g/mol. The summed E-state index contributed by atoms with van der Waals surface area (Å²) in [6.07, 6.45) is 3.75. The van der Waals surface area contributed by atoms with Crippen LogP contribution in [0.3, 0.4) is 0 Å². The summed E-state index contributed by atoms with van der Waals surface area (Å²) in [5.41, 5.74) is 3.17. The van der Waals surface area contributed by atoms with Crippen LogP contribution in [0.15, 0.2) is 52.9 Å². The van der Waals surface area contributed by atoms with Gasteiger partial charge in [0.2, 0.25) is 11.8 Å². The van der Waals surface area contributed by atoms with E-state index in [0.717, 1.165) is 11.1 Å². The van der Waals surface area contributed by atoms with Gasteiger partial charge in [0.15, 0.2) is 0 Å². The molecule has 0 saturated heterocycles. The van der Waals surface area contributed by atoms with Crippen molar-refractivity contribution in [2.75, 3.05) is 0 Å². The molecule has 3 rings (SSSR count). The predicted octanol–water partition coefficient (Wildman–Crippen LogP) is 4.87. The first-order valence-corrected chi connectivity index (χ1v) is 6.93. The normalized spacial score (nSPS) is 11.1. The summed E-state index contributed by atoms with van der Waals surface area (Å²) in [7, 11) is 0. The van der Waals surface area contributed by atoms with Crippen LogP contribution in [0.5, 0.6) is 0 Å². The molecule has 0 aliphatic rings. The zero-order valence-electron chi connectivity index (χ0n) is 11.5. The SMILES string of the molecule is Cc1ccc(C=Cc2nnc(-c3ccc(Cl)cc3)o2)cc1. The second-order valence-corrected chi connectivity index (χ2v) is 5.13. The molecule has 4 heteroatoms. The Morgan fingerprint density at radius 2 is 1.62 bits per heavy atom. The number of halogens is 1. The summed E-state index contributed by atoms with van der Waals surface area (Å²) in [6.45, 7) is 2.06. The average Bonchev–Trinajstić information content (AvgIpc) is 2.96. The maximum absolute atomic E-state index is 5.86. The molecule has 0 radical (unpaired) electrons. The number of nitrogens with zero attached hydrogens (tertiary/aromatic N) is 2. The highest BCUT2D eigenvalue weighted by atomic mass is 35.5. The van der Waals surface area contributed by atoms with Crippen LogP contribution < -0.4 is 0 Å². The molecule has 0 saturated carbocycles. The molecular weight excluding hydrogens is 284 g/mol. The van der Waals surface area contributed by atoms with Crippen molar-refractivity contribution in [3.63, 3.8) is 0 Å². The van der Waals surface area contributed by atoms with Gasteiger partial charge in [-0.3, -0.25) is 0 Å². The predicted molar refractivity (Wildman–Crippen MR) is 84.9 cm³/mol. The number of aryl methyl sites for hydroxylation is 1. The van der Waals surface area contributed by atoms with Crippen LogP contribution in [0.25, 0.3) is 23.6 Å². The molecule has 0 aliphatic heterocycles. The zero-order chi connectivity index (χ0) is 14.7. The van der Waals surface area contributed by atoms with Crippen LogP contribution >= 0.6 is 11.6 Å². The number of hydrogen-bond donors (Lipinski definition) is 0. The van der Waals surface area contributed by atoms with E-state index in [9.17, 15) is 0 Å². The molecule has 0 N–H and O–H groups in total. The van der Waals surface area contributed by atoms with Crippen molar-refractivity contribution < 1.29 is 4.42 Å². The minimum Gasteiger partial charge on any atom is -0.417 e. The summed E-state index contributed by atoms with van der Waals surface area (Å²) in [4.78, 5) is 0. The summed E-state index contributed by atoms with van der Waals surface area (Å²) >= 11 is 5.86. The second-order valence-electron chi connectivity index (χ2n) is 4.70. The van der Waals surface area contributed by atoms with Gasteiger partial charge in [-0.2, -0.15) is 0 Å². The van der Waals surface area contributed by atoms with Crippen molar-refractivity contribution >= 4 is 23.8 Å². The lowest BCUT2D eigenvalue weighted by atomic mass is 10.1. The maximum Gasteiger partial charge on any atom is 0.248 e. The van der Waals surface area contributed by atoms with E-state index in [0.29, 0.717) is 16.8 Å². The number of rotatable bonds is 3. The minimum atomic E-state index is 0.473.